The van der Waals surface area contributed by atoms with Gasteiger partial charge in [0.1, 0.15) is 11.9 Å². The van der Waals surface area contributed by atoms with E-state index in [2.05, 4.69) is 37.1 Å². The summed E-state index contributed by atoms with van der Waals surface area (Å²) in [7, 11) is 2.11. The lowest BCUT2D eigenvalue weighted by molar-refractivity contribution is -0.122. The van der Waals surface area contributed by atoms with Crippen LogP contribution in [-0.4, -0.2) is 63.9 Å². The molecule has 1 saturated heterocycles. The van der Waals surface area contributed by atoms with Crippen LogP contribution in [0, 0.1) is 0 Å². The molecule has 1 amide bonds. The first-order valence-corrected chi connectivity index (χ1v) is 10.1. The second-order valence-corrected chi connectivity index (χ2v) is 7.66. The van der Waals surface area contributed by atoms with Crippen molar-refractivity contribution in [2.24, 2.45) is 0 Å². The van der Waals surface area contributed by atoms with Gasteiger partial charge in [-0.3, -0.25) is 14.7 Å². The molecule has 4 rings (SSSR count). The maximum Gasteiger partial charge on any atom is 0.247 e. The topological polar surface area (TPSA) is 74.2 Å². The molecule has 1 fully saturated rings. The highest BCUT2D eigenvalue weighted by atomic mass is 32.1. The fourth-order valence-corrected chi connectivity index (χ4v) is 3.87. The van der Waals surface area contributed by atoms with Crippen molar-refractivity contribution < 1.29 is 4.79 Å². The highest BCUT2D eigenvalue weighted by Gasteiger charge is 2.30. The number of nitrogens with zero attached hydrogens (tertiary/aromatic N) is 5. The number of carbonyl (C=O) groups excluding carboxylic acids is 1. The Balaban J connectivity index is 1.57. The van der Waals surface area contributed by atoms with Crippen LogP contribution >= 0.6 is 11.3 Å². The summed E-state index contributed by atoms with van der Waals surface area (Å²) in [6, 6.07) is 11.3. The van der Waals surface area contributed by atoms with Gasteiger partial charge in [-0.1, -0.05) is 30.3 Å². The van der Waals surface area contributed by atoms with E-state index >= 15 is 0 Å². The van der Waals surface area contributed by atoms with Crippen LogP contribution in [-0.2, 0) is 4.79 Å². The first-order chi connectivity index (χ1) is 13.7. The molecular formula is C20H22N6OS. The smallest absolute Gasteiger partial charge is 0.247 e. The number of anilines is 1. The Morgan fingerprint density at radius 3 is 2.64 bits per heavy atom. The van der Waals surface area contributed by atoms with Crippen LogP contribution in [0.4, 0.5) is 5.82 Å². The van der Waals surface area contributed by atoms with Crippen molar-refractivity contribution in [3.05, 3.63) is 59.9 Å². The number of hydrogen-bond acceptors (Lipinski definition) is 7. The van der Waals surface area contributed by atoms with Crippen LogP contribution in [0.1, 0.15) is 11.6 Å². The summed E-state index contributed by atoms with van der Waals surface area (Å²) in [6.45, 7) is 3.58. The number of nitrogens with one attached hydrogen (secondary N) is 1. The van der Waals surface area contributed by atoms with E-state index in [1.165, 1.54) is 11.3 Å². The van der Waals surface area contributed by atoms with Gasteiger partial charge in [0.25, 0.3) is 0 Å². The van der Waals surface area contributed by atoms with Crippen LogP contribution in [0.3, 0.4) is 0 Å². The number of likely N-dealkylation sites (N-methyl/N-ethyl adjacent to an activating group) is 1. The van der Waals surface area contributed by atoms with Crippen LogP contribution in [0.5, 0.6) is 0 Å². The number of rotatable bonds is 5. The van der Waals surface area contributed by atoms with Crippen molar-refractivity contribution in [3.63, 3.8) is 0 Å². The van der Waals surface area contributed by atoms with Gasteiger partial charge < -0.3 is 10.2 Å². The lowest BCUT2D eigenvalue weighted by Crippen LogP contribution is -2.48. The van der Waals surface area contributed by atoms with Crippen molar-refractivity contribution in [1.82, 2.24) is 24.8 Å². The Bertz CT molecular complexity index is 909. The molecule has 7 nitrogen and oxygen atoms in total. The Labute approximate surface area is 168 Å². The van der Waals surface area contributed by atoms with Gasteiger partial charge in [0.2, 0.25) is 5.91 Å². The second kappa shape index (κ2) is 8.55. The fourth-order valence-electron chi connectivity index (χ4n) is 3.31. The molecule has 1 N–H and O–H groups in total. The van der Waals surface area contributed by atoms with Crippen molar-refractivity contribution in [3.8, 4) is 10.7 Å². The number of carbonyl (C=O) groups is 1. The molecule has 28 heavy (non-hydrogen) atoms. The summed E-state index contributed by atoms with van der Waals surface area (Å²) >= 11 is 1.47. The molecule has 1 aromatic carbocycles. The highest BCUT2D eigenvalue weighted by molar-refractivity contribution is 7.13. The van der Waals surface area contributed by atoms with E-state index in [4.69, 9.17) is 0 Å². The monoisotopic (exact) mass is 394 g/mol. The third-order valence-corrected chi connectivity index (χ3v) is 5.60. The van der Waals surface area contributed by atoms with Crippen molar-refractivity contribution in [2.45, 2.75) is 6.04 Å². The number of benzene rings is 1. The normalized spacial score (nSPS) is 16.6. The van der Waals surface area contributed by atoms with Gasteiger partial charge in [-0.2, -0.15) is 0 Å². The number of piperazine rings is 1. The van der Waals surface area contributed by atoms with Crippen molar-refractivity contribution in [1.29, 1.82) is 0 Å². The molecule has 1 aliphatic rings. The molecule has 0 unspecified atom stereocenters. The van der Waals surface area contributed by atoms with Crippen LogP contribution < -0.4 is 5.32 Å². The molecular weight excluding hydrogens is 372 g/mol. The molecule has 2 aromatic heterocycles. The third-order valence-electron chi connectivity index (χ3n) is 4.83. The largest absolute Gasteiger partial charge is 0.309 e. The lowest BCUT2D eigenvalue weighted by Gasteiger charge is -2.37. The van der Waals surface area contributed by atoms with Gasteiger partial charge in [0.15, 0.2) is 5.82 Å². The van der Waals surface area contributed by atoms with Gasteiger partial charge in [-0.05, 0) is 18.7 Å². The number of aromatic nitrogens is 3. The van der Waals surface area contributed by atoms with Crippen LogP contribution in [0.15, 0.2) is 54.3 Å². The summed E-state index contributed by atoms with van der Waals surface area (Å²) in [4.78, 5) is 31.5. The molecule has 0 spiro atoms. The van der Waals surface area contributed by atoms with Gasteiger partial charge in [0.05, 0.1) is 10.4 Å². The zero-order valence-corrected chi connectivity index (χ0v) is 16.5. The van der Waals surface area contributed by atoms with E-state index in [0.29, 0.717) is 11.6 Å². The molecule has 144 valence electrons. The standard InChI is InChI=1S/C20H22N6OS/c1-25-9-11-26(12-10-25)18(15-5-3-2-4-6-15)20(27)24-17-7-8-22-19(23-17)16-13-21-14-28-16/h2-8,13-14,18H,9-12H2,1H3,(H,22,23,24,27)/t18-/m0/s1. The minimum atomic E-state index is -0.350. The summed E-state index contributed by atoms with van der Waals surface area (Å²) in [6.07, 6.45) is 3.38. The maximum atomic E-state index is 13.3. The van der Waals surface area contributed by atoms with Gasteiger partial charge in [-0.15, -0.1) is 11.3 Å². The van der Waals surface area contributed by atoms with Gasteiger partial charge in [0, 0.05) is 38.6 Å². The highest BCUT2D eigenvalue weighted by Crippen LogP contribution is 2.25. The molecule has 0 radical (unpaired) electrons. The minimum absolute atomic E-state index is 0.0790. The van der Waals surface area contributed by atoms with Crippen LogP contribution in [0.2, 0.25) is 0 Å². The van der Waals surface area contributed by atoms with E-state index < -0.39 is 0 Å². The Morgan fingerprint density at radius 2 is 1.93 bits per heavy atom. The summed E-state index contributed by atoms with van der Waals surface area (Å²) in [5.74, 6) is 0.985. The zero-order valence-electron chi connectivity index (χ0n) is 15.7. The number of thiazole rings is 1. The molecule has 8 heteroatoms. The summed E-state index contributed by atoms with van der Waals surface area (Å²) < 4.78 is 0. The first-order valence-electron chi connectivity index (χ1n) is 9.21. The number of hydrogen-bond donors (Lipinski definition) is 1. The van der Waals surface area contributed by atoms with Gasteiger partial charge >= 0.3 is 0 Å². The quantitative estimate of drug-likeness (QED) is 0.717. The predicted octanol–water partition coefficient (Wildman–Crippen LogP) is 2.53. The lowest BCUT2D eigenvalue weighted by atomic mass is 10.0. The Hall–Kier alpha value is -2.68. The fraction of sp³-hybridized carbons (Fsp3) is 0.300. The summed E-state index contributed by atoms with van der Waals surface area (Å²) in [5.41, 5.74) is 2.73. The third kappa shape index (κ3) is 4.24. The zero-order chi connectivity index (χ0) is 19.3. The number of amides is 1. The van der Waals surface area contributed by atoms with Crippen molar-refractivity contribution in [2.75, 3.05) is 38.5 Å². The first kappa shape index (κ1) is 18.7. The average molecular weight is 395 g/mol. The van der Waals surface area contributed by atoms with E-state index in [1.54, 1.807) is 24.0 Å². The molecule has 0 saturated carbocycles. The summed E-state index contributed by atoms with van der Waals surface area (Å²) in [5, 5.41) is 2.99. The average Bonchev–Trinajstić information content (AvgIpc) is 3.26. The van der Waals surface area contributed by atoms with E-state index in [1.807, 2.05) is 30.3 Å². The van der Waals surface area contributed by atoms with Gasteiger partial charge in [-0.25, -0.2) is 9.97 Å². The molecule has 3 aromatic rings. The maximum absolute atomic E-state index is 13.3. The molecule has 3 heterocycles. The van der Waals surface area contributed by atoms with Crippen LogP contribution in [0.25, 0.3) is 10.7 Å². The Morgan fingerprint density at radius 1 is 1.14 bits per heavy atom. The van der Waals surface area contributed by atoms with E-state index in [9.17, 15) is 4.79 Å². The molecule has 0 aliphatic carbocycles. The SMILES string of the molecule is CN1CCN([C@H](C(=O)Nc2ccnc(-c3cncs3)n2)c2ccccc2)CC1. The van der Waals surface area contributed by atoms with E-state index in [-0.39, 0.29) is 11.9 Å². The minimum Gasteiger partial charge on any atom is -0.309 e. The molecule has 0 bridgehead atoms. The Kier molecular flexibility index (Phi) is 5.70. The van der Waals surface area contributed by atoms with E-state index in [0.717, 1.165) is 36.6 Å². The second-order valence-electron chi connectivity index (χ2n) is 6.77. The van der Waals surface area contributed by atoms with Crippen molar-refractivity contribution >= 4 is 23.1 Å². The predicted molar refractivity (Wildman–Crippen MR) is 110 cm³/mol. The molecule has 1 aliphatic heterocycles. The molecule has 1 atom stereocenters.